The van der Waals surface area contributed by atoms with Gasteiger partial charge in [0.15, 0.2) is 5.37 Å². The standard InChI is InChI=1S/C17H19FN4O3S2/c1-26-14-8-6-12(7-9-14)20-16(23)15-10-19-21-17(15)27(24,25)22-13-4-2-11(18)3-5-13/h2-9,15,17,19,21-22H,10H2,1H3,(H,20,23). The number of hydrogen-bond donors (Lipinski definition) is 4. The molecule has 0 radical (unpaired) electrons. The van der Waals surface area contributed by atoms with Gasteiger partial charge in [-0.3, -0.25) is 14.9 Å². The van der Waals surface area contributed by atoms with E-state index in [0.29, 0.717) is 5.69 Å². The molecule has 1 aliphatic heterocycles. The minimum absolute atomic E-state index is 0.156. The zero-order valence-corrected chi connectivity index (χ0v) is 16.0. The maximum atomic E-state index is 13.0. The Bertz CT molecular complexity index is 905. The average Bonchev–Trinajstić information content (AvgIpc) is 3.15. The first-order chi connectivity index (χ1) is 12.9. The molecule has 2 atom stereocenters. The monoisotopic (exact) mass is 410 g/mol. The van der Waals surface area contributed by atoms with Gasteiger partial charge in [-0.1, -0.05) is 0 Å². The van der Waals surface area contributed by atoms with Gasteiger partial charge < -0.3 is 5.32 Å². The molecular formula is C17H19FN4O3S2. The Hall–Kier alpha value is -2.14. The molecular weight excluding hydrogens is 391 g/mol. The lowest BCUT2D eigenvalue weighted by Crippen LogP contribution is -2.45. The van der Waals surface area contributed by atoms with Gasteiger partial charge in [-0.15, -0.1) is 11.8 Å². The van der Waals surface area contributed by atoms with Crippen LogP contribution in [-0.4, -0.2) is 32.5 Å². The van der Waals surface area contributed by atoms with Crippen LogP contribution in [0.4, 0.5) is 15.8 Å². The number of rotatable bonds is 6. The summed E-state index contributed by atoms with van der Waals surface area (Å²) < 4.78 is 40.7. The van der Waals surface area contributed by atoms with E-state index in [9.17, 15) is 17.6 Å². The van der Waals surface area contributed by atoms with Crippen molar-refractivity contribution in [1.29, 1.82) is 0 Å². The van der Waals surface area contributed by atoms with E-state index in [1.807, 2.05) is 18.4 Å². The van der Waals surface area contributed by atoms with Gasteiger partial charge in [-0.25, -0.2) is 18.2 Å². The summed E-state index contributed by atoms with van der Waals surface area (Å²) in [5.41, 5.74) is 6.15. The molecule has 1 amide bonds. The first kappa shape index (κ1) is 19.6. The minimum Gasteiger partial charge on any atom is -0.326 e. The fraction of sp³-hybridized carbons (Fsp3) is 0.235. The van der Waals surface area contributed by atoms with Gasteiger partial charge in [0, 0.05) is 22.8 Å². The quantitative estimate of drug-likeness (QED) is 0.544. The minimum atomic E-state index is -3.93. The number of hydrazine groups is 1. The highest BCUT2D eigenvalue weighted by atomic mass is 32.2. The second kappa shape index (κ2) is 8.26. The Kier molecular flexibility index (Phi) is 6.00. The van der Waals surface area contributed by atoms with Crippen LogP contribution < -0.4 is 20.9 Å². The normalized spacial score (nSPS) is 19.6. The number of halogens is 1. The van der Waals surface area contributed by atoms with Gasteiger partial charge in [0.1, 0.15) is 5.82 Å². The largest absolute Gasteiger partial charge is 0.326 e. The third kappa shape index (κ3) is 4.78. The van der Waals surface area contributed by atoms with E-state index in [1.54, 1.807) is 23.9 Å². The number of carbonyl (C=O) groups is 1. The Morgan fingerprint density at radius 1 is 1.11 bits per heavy atom. The van der Waals surface area contributed by atoms with E-state index in [4.69, 9.17) is 0 Å². The Labute approximate surface area is 161 Å². The number of benzene rings is 2. The number of hydrogen-bond acceptors (Lipinski definition) is 6. The number of carbonyl (C=O) groups excluding carboxylic acids is 1. The molecule has 1 heterocycles. The molecule has 2 aromatic carbocycles. The summed E-state index contributed by atoms with van der Waals surface area (Å²) in [6.45, 7) is 0.156. The van der Waals surface area contributed by atoms with E-state index >= 15 is 0 Å². The van der Waals surface area contributed by atoms with Crippen LogP contribution in [0.1, 0.15) is 0 Å². The van der Waals surface area contributed by atoms with Gasteiger partial charge in [0.05, 0.1) is 5.92 Å². The summed E-state index contributed by atoms with van der Waals surface area (Å²) in [6, 6.07) is 12.2. The summed E-state index contributed by atoms with van der Waals surface area (Å²) in [7, 11) is -3.93. The van der Waals surface area contributed by atoms with Gasteiger partial charge in [-0.2, -0.15) is 0 Å². The summed E-state index contributed by atoms with van der Waals surface area (Å²) >= 11 is 1.58. The first-order valence-electron chi connectivity index (χ1n) is 8.09. The van der Waals surface area contributed by atoms with Crippen LogP contribution in [-0.2, 0) is 14.8 Å². The number of thioether (sulfide) groups is 1. The van der Waals surface area contributed by atoms with Gasteiger partial charge in [0.2, 0.25) is 5.91 Å². The number of nitrogens with one attached hydrogen (secondary N) is 4. The highest BCUT2D eigenvalue weighted by Gasteiger charge is 2.41. The highest BCUT2D eigenvalue weighted by molar-refractivity contribution is 7.98. The molecule has 3 rings (SSSR count). The van der Waals surface area contributed by atoms with Crippen molar-refractivity contribution in [2.75, 3.05) is 22.8 Å². The average molecular weight is 410 g/mol. The molecule has 0 bridgehead atoms. The van der Waals surface area contributed by atoms with Crippen molar-refractivity contribution in [3.63, 3.8) is 0 Å². The van der Waals surface area contributed by atoms with Crippen molar-refractivity contribution < 1.29 is 17.6 Å². The molecule has 0 saturated carbocycles. The summed E-state index contributed by atoms with van der Waals surface area (Å²) in [6.07, 6.45) is 1.95. The fourth-order valence-electron chi connectivity index (χ4n) is 2.66. The number of amides is 1. The third-order valence-corrected chi connectivity index (χ3v) is 6.44. The van der Waals surface area contributed by atoms with Crippen molar-refractivity contribution in [3.8, 4) is 0 Å². The molecule has 0 spiro atoms. The molecule has 0 aromatic heterocycles. The van der Waals surface area contributed by atoms with Gasteiger partial charge in [-0.05, 0) is 54.8 Å². The van der Waals surface area contributed by atoms with E-state index < -0.39 is 33.0 Å². The van der Waals surface area contributed by atoms with E-state index in [0.717, 1.165) is 17.0 Å². The zero-order chi connectivity index (χ0) is 19.4. The van der Waals surface area contributed by atoms with Crippen LogP contribution in [0, 0.1) is 11.7 Å². The van der Waals surface area contributed by atoms with Crippen LogP contribution in [0.3, 0.4) is 0 Å². The maximum Gasteiger partial charge on any atom is 0.250 e. The molecule has 2 unspecified atom stereocenters. The number of sulfonamides is 1. The third-order valence-electron chi connectivity index (χ3n) is 4.06. The van der Waals surface area contributed by atoms with Crippen LogP contribution in [0.5, 0.6) is 0 Å². The van der Waals surface area contributed by atoms with E-state index in [1.165, 1.54) is 12.1 Å². The first-order valence-corrected chi connectivity index (χ1v) is 10.9. The highest BCUT2D eigenvalue weighted by Crippen LogP contribution is 2.22. The maximum absolute atomic E-state index is 13.0. The summed E-state index contributed by atoms with van der Waals surface area (Å²) in [4.78, 5) is 13.6. The Balaban J connectivity index is 1.71. The van der Waals surface area contributed by atoms with Crippen LogP contribution in [0.2, 0.25) is 0 Å². The van der Waals surface area contributed by atoms with E-state index in [-0.39, 0.29) is 12.2 Å². The molecule has 144 valence electrons. The van der Waals surface area contributed by atoms with Crippen molar-refractivity contribution in [1.82, 2.24) is 10.9 Å². The molecule has 1 saturated heterocycles. The van der Waals surface area contributed by atoms with Crippen LogP contribution in [0.25, 0.3) is 0 Å². The second-order valence-corrected chi connectivity index (χ2v) is 8.61. The molecule has 10 heteroatoms. The lowest BCUT2D eigenvalue weighted by Gasteiger charge is -2.19. The molecule has 0 aliphatic carbocycles. The summed E-state index contributed by atoms with van der Waals surface area (Å²) in [5, 5.41) is 1.57. The fourth-order valence-corrected chi connectivity index (χ4v) is 4.55. The van der Waals surface area contributed by atoms with Crippen molar-refractivity contribution in [3.05, 3.63) is 54.3 Å². The predicted octanol–water partition coefficient (Wildman–Crippen LogP) is 1.98. The molecule has 4 N–H and O–H groups in total. The van der Waals surface area contributed by atoms with Crippen LogP contribution in [0.15, 0.2) is 53.4 Å². The lowest BCUT2D eigenvalue weighted by atomic mass is 10.1. The van der Waals surface area contributed by atoms with Crippen molar-refractivity contribution in [2.24, 2.45) is 5.92 Å². The summed E-state index contributed by atoms with van der Waals surface area (Å²) in [5.74, 6) is -1.73. The lowest BCUT2D eigenvalue weighted by molar-refractivity contribution is -0.119. The predicted molar refractivity (Wildman–Crippen MR) is 104 cm³/mol. The molecule has 7 nitrogen and oxygen atoms in total. The van der Waals surface area contributed by atoms with Crippen LogP contribution >= 0.6 is 11.8 Å². The second-order valence-electron chi connectivity index (χ2n) is 5.92. The van der Waals surface area contributed by atoms with Crippen molar-refractivity contribution in [2.45, 2.75) is 10.3 Å². The van der Waals surface area contributed by atoms with E-state index in [2.05, 4.69) is 20.9 Å². The van der Waals surface area contributed by atoms with Gasteiger partial charge in [0.25, 0.3) is 10.0 Å². The molecule has 1 fully saturated rings. The Morgan fingerprint density at radius 2 is 1.74 bits per heavy atom. The van der Waals surface area contributed by atoms with Crippen molar-refractivity contribution >= 4 is 39.1 Å². The SMILES string of the molecule is CSc1ccc(NC(=O)C2CNNC2S(=O)(=O)Nc2ccc(F)cc2)cc1. The molecule has 2 aromatic rings. The Morgan fingerprint density at radius 3 is 2.37 bits per heavy atom. The zero-order valence-electron chi connectivity index (χ0n) is 14.4. The smallest absolute Gasteiger partial charge is 0.250 e. The van der Waals surface area contributed by atoms with Gasteiger partial charge >= 0.3 is 0 Å². The topological polar surface area (TPSA) is 99.3 Å². The molecule has 1 aliphatic rings. The molecule has 27 heavy (non-hydrogen) atoms. The number of anilines is 2.